The molecule has 0 radical (unpaired) electrons. The van der Waals surface area contributed by atoms with Crippen LogP contribution in [0.5, 0.6) is 5.75 Å². The van der Waals surface area contributed by atoms with Crippen LogP contribution in [-0.2, 0) is 17.8 Å². The van der Waals surface area contributed by atoms with Gasteiger partial charge in [-0.15, -0.1) is 0 Å². The Balaban J connectivity index is 1.21. The second-order valence-electron chi connectivity index (χ2n) is 7.48. The van der Waals surface area contributed by atoms with Gasteiger partial charge in [0.2, 0.25) is 0 Å². The van der Waals surface area contributed by atoms with Gasteiger partial charge in [0.05, 0.1) is 11.0 Å². The summed E-state index contributed by atoms with van der Waals surface area (Å²) in [6, 6.07) is 23.5. The van der Waals surface area contributed by atoms with Gasteiger partial charge in [0.15, 0.2) is 6.61 Å². The summed E-state index contributed by atoms with van der Waals surface area (Å²) in [5.74, 6) is 1.47. The van der Waals surface area contributed by atoms with Gasteiger partial charge >= 0.3 is 0 Å². The standard InChI is InChI=1S/C25H26N4O2/c1-18-9-11-20(12-10-18)27-25(30)17-31-21-6-4-5-19(15-21)16-26-14-13-24-28-22-7-2-3-8-23(22)29-24/h2-12,15,26H,13-14,16-17H2,1H3,(H,27,30)(H,28,29). The number of hydrogen-bond donors (Lipinski definition) is 3. The first-order valence-corrected chi connectivity index (χ1v) is 10.4. The quantitative estimate of drug-likeness (QED) is 0.358. The zero-order valence-electron chi connectivity index (χ0n) is 17.5. The number of nitrogens with one attached hydrogen (secondary N) is 3. The lowest BCUT2D eigenvalue weighted by molar-refractivity contribution is -0.118. The second-order valence-corrected chi connectivity index (χ2v) is 7.48. The highest BCUT2D eigenvalue weighted by atomic mass is 16.5. The average molecular weight is 415 g/mol. The first kappa shape index (κ1) is 20.6. The summed E-state index contributed by atoms with van der Waals surface area (Å²) in [4.78, 5) is 20.0. The number of carbonyl (C=O) groups is 1. The van der Waals surface area contributed by atoms with E-state index in [4.69, 9.17) is 4.74 Å². The number of rotatable bonds is 9. The van der Waals surface area contributed by atoms with Crippen molar-refractivity contribution >= 4 is 22.6 Å². The number of fused-ring (bicyclic) bond motifs is 1. The van der Waals surface area contributed by atoms with E-state index in [-0.39, 0.29) is 12.5 Å². The van der Waals surface area contributed by atoms with E-state index in [1.165, 1.54) is 0 Å². The highest BCUT2D eigenvalue weighted by Crippen LogP contribution is 2.14. The number of aromatic nitrogens is 2. The van der Waals surface area contributed by atoms with Crippen LogP contribution in [0, 0.1) is 6.92 Å². The molecule has 3 N–H and O–H groups in total. The van der Waals surface area contributed by atoms with E-state index in [1.807, 2.05) is 79.7 Å². The summed E-state index contributed by atoms with van der Waals surface area (Å²) in [5.41, 5.74) is 5.07. The SMILES string of the molecule is Cc1ccc(NC(=O)COc2cccc(CNCCc3nc4ccccc4[nH]3)c2)cc1. The molecule has 0 atom stereocenters. The Morgan fingerprint density at radius 1 is 1.03 bits per heavy atom. The van der Waals surface area contributed by atoms with Gasteiger partial charge in [-0.25, -0.2) is 4.98 Å². The fraction of sp³-hybridized carbons (Fsp3) is 0.200. The third-order valence-corrected chi connectivity index (χ3v) is 4.91. The molecule has 1 amide bonds. The fourth-order valence-corrected chi connectivity index (χ4v) is 3.29. The van der Waals surface area contributed by atoms with Crippen molar-refractivity contribution < 1.29 is 9.53 Å². The molecule has 4 aromatic rings. The maximum atomic E-state index is 12.1. The Morgan fingerprint density at radius 2 is 1.87 bits per heavy atom. The number of carbonyl (C=O) groups excluding carboxylic acids is 1. The van der Waals surface area contributed by atoms with Crippen LogP contribution in [0.15, 0.2) is 72.8 Å². The molecule has 0 saturated heterocycles. The number of ether oxygens (including phenoxy) is 1. The summed E-state index contributed by atoms with van der Waals surface area (Å²) in [5, 5.41) is 6.26. The molecule has 1 aromatic heterocycles. The lowest BCUT2D eigenvalue weighted by atomic mass is 10.2. The molecule has 1 heterocycles. The molecule has 0 spiro atoms. The van der Waals surface area contributed by atoms with Crippen LogP contribution >= 0.6 is 0 Å². The number of aromatic amines is 1. The lowest BCUT2D eigenvalue weighted by Gasteiger charge is -2.09. The Hall–Kier alpha value is -3.64. The molecule has 0 aliphatic carbocycles. The zero-order chi connectivity index (χ0) is 21.5. The highest BCUT2D eigenvalue weighted by Gasteiger charge is 2.05. The third-order valence-electron chi connectivity index (χ3n) is 4.91. The molecule has 6 heteroatoms. The van der Waals surface area contributed by atoms with Crippen LogP contribution in [0.2, 0.25) is 0 Å². The van der Waals surface area contributed by atoms with Crippen LogP contribution in [-0.4, -0.2) is 29.0 Å². The van der Waals surface area contributed by atoms with Crippen molar-refractivity contribution in [3.05, 3.63) is 89.7 Å². The summed E-state index contributed by atoms with van der Waals surface area (Å²) < 4.78 is 5.66. The van der Waals surface area contributed by atoms with Gasteiger partial charge in [-0.2, -0.15) is 0 Å². The van der Waals surface area contributed by atoms with Gasteiger partial charge in [0.25, 0.3) is 5.91 Å². The topological polar surface area (TPSA) is 79.0 Å². The zero-order valence-corrected chi connectivity index (χ0v) is 17.5. The van der Waals surface area contributed by atoms with E-state index in [9.17, 15) is 4.79 Å². The van der Waals surface area contributed by atoms with Crippen LogP contribution in [0.25, 0.3) is 11.0 Å². The van der Waals surface area contributed by atoms with Crippen molar-refractivity contribution in [2.24, 2.45) is 0 Å². The number of hydrogen-bond acceptors (Lipinski definition) is 4. The van der Waals surface area contributed by atoms with Gasteiger partial charge in [0, 0.05) is 25.2 Å². The first-order valence-electron chi connectivity index (χ1n) is 10.4. The number of anilines is 1. The molecule has 31 heavy (non-hydrogen) atoms. The molecular formula is C25H26N4O2. The van der Waals surface area contributed by atoms with Gasteiger partial charge in [-0.3, -0.25) is 4.79 Å². The van der Waals surface area contributed by atoms with Crippen molar-refractivity contribution in [1.82, 2.24) is 15.3 Å². The molecule has 0 unspecified atom stereocenters. The van der Waals surface area contributed by atoms with Crippen LogP contribution in [0.3, 0.4) is 0 Å². The number of para-hydroxylation sites is 2. The summed E-state index contributed by atoms with van der Waals surface area (Å²) >= 11 is 0. The first-order chi connectivity index (χ1) is 15.2. The number of imidazole rings is 1. The predicted molar refractivity (Wildman–Crippen MR) is 123 cm³/mol. The molecule has 0 aliphatic rings. The van der Waals surface area contributed by atoms with Crippen LogP contribution in [0.4, 0.5) is 5.69 Å². The molecular weight excluding hydrogens is 388 g/mol. The number of benzene rings is 3. The Kier molecular flexibility index (Phi) is 6.59. The average Bonchev–Trinajstić information content (AvgIpc) is 3.20. The molecule has 0 saturated carbocycles. The summed E-state index contributed by atoms with van der Waals surface area (Å²) in [6.45, 7) is 3.50. The van der Waals surface area contributed by atoms with Gasteiger partial charge in [-0.05, 0) is 48.9 Å². The molecule has 0 fully saturated rings. The molecule has 0 aliphatic heterocycles. The summed E-state index contributed by atoms with van der Waals surface area (Å²) in [6.07, 6.45) is 0.823. The van der Waals surface area contributed by atoms with Gasteiger partial charge in [-0.1, -0.05) is 42.0 Å². The van der Waals surface area contributed by atoms with E-state index in [0.29, 0.717) is 12.3 Å². The third kappa shape index (κ3) is 5.93. The second kappa shape index (κ2) is 9.91. The smallest absolute Gasteiger partial charge is 0.262 e. The number of aryl methyl sites for hydroxylation is 1. The van der Waals surface area contributed by atoms with Crippen LogP contribution in [0.1, 0.15) is 17.0 Å². The van der Waals surface area contributed by atoms with E-state index in [2.05, 4.69) is 20.6 Å². The highest BCUT2D eigenvalue weighted by molar-refractivity contribution is 5.91. The fourth-order valence-electron chi connectivity index (χ4n) is 3.29. The van der Waals surface area contributed by atoms with E-state index in [0.717, 1.165) is 46.6 Å². The minimum atomic E-state index is -0.182. The van der Waals surface area contributed by atoms with Crippen molar-refractivity contribution in [2.45, 2.75) is 19.9 Å². The van der Waals surface area contributed by atoms with E-state index >= 15 is 0 Å². The van der Waals surface area contributed by atoms with Crippen molar-refractivity contribution in [3.63, 3.8) is 0 Å². The molecule has 158 valence electrons. The van der Waals surface area contributed by atoms with Gasteiger partial charge < -0.3 is 20.4 Å². The van der Waals surface area contributed by atoms with Crippen molar-refractivity contribution in [3.8, 4) is 5.75 Å². The number of amides is 1. The van der Waals surface area contributed by atoms with Crippen molar-refractivity contribution in [2.75, 3.05) is 18.5 Å². The molecule has 3 aromatic carbocycles. The van der Waals surface area contributed by atoms with E-state index in [1.54, 1.807) is 0 Å². The van der Waals surface area contributed by atoms with E-state index < -0.39 is 0 Å². The lowest BCUT2D eigenvalue weighted by Crippen LogP contribution is -2.20. The Morgan fingerprint density at radius 3 is 2.71 bits per heavy atom. The molecule has 0 bridgehead atoms. The van der Waals surface area contributed by atoms with Crippen molar-refractivity contribution in [1.29, 1.82) is 0 Å². The largest absolute Gasteiger partial charge is 0.484 e. The predicted octanol–water partition coefficient (Wildman–Crippen LogP) is 4.22. The Bertz CT molecular complexity index is 1120. The molecule has 6 nitrogen and oxygen atoms in total. The normalized spacial score (nSPS) is 10.9. The van der Waals surface area contributed by atoms with Crippen LogP contribution < -0.4 is 15.4 Å². The number of H-pyrrole nitrogens is 1. The maximum Gasteiger partial charge on any atom is 0.262 e. The minimum Gasteiger partial charge on any atom is -0.484 e. The van der Waals surface area contributed by atoms with Gasteiger partial charge in [0.1, 0.15) is 11.6 Å². The summed E-state index contributed by atoms with van der Waals surface area (Å²) in [7, 11) is 0. The maximum absolute atomic E-state index is 12.1. The Labute approximate surface area is 181 Å². The molecule has 4 rings (SSSR count). The minimum absolute atomic E-state index is 0.0309. The monoisotopic (exact) mass is 414 g/mol. The number of nitrogens with zero attached hydrogens (tertiary/aromatic N) is 1.